The van der Waals surface area contributed by atoms with E-state index in [1.807, 2.05) is 20.8 Å². The predicted octanol–water partition coefficient (Wildman–Crippen LogP) is 2.53. The Labute approximate surface area is 122 Å². The molecule has 0 saturated heterocycles. The van der Waals surface area contributed by atoms with E-state index < -0.39 is 4.92 Å². The zero-order valence-electron chi connectivity index (χ0n) is 12.8. The first kappa shape index (κ1) is 15.0. The smallest absolute Gasteiger partial charge is 0.333 e. The molecule has 0 aliphatic rings. The summed E-state index contributed by atoms with van der Waals surface area (Å²) >= 11 is 0. The lowest BCUT2D eigenvalue weighted by Crippen LogP contribution is -2.09. The molecule has 0 aromatic carbocycles. The minimum Gasteiger partial charge on any atom is -0.443 e. The van der Waals surface area contributed by atoms with Gasteiger partial charge in [-0.2, -0.15) is 5.10 Å². The summed E-state index contributed by atoms with van der Waals surface area (Å²) in [6, 6.07) is 0. The van der Waals surface area contributed by atoms with E-state index in [0.717, 1.165) is 5.76 Å². The Kier molecular flexibility index (Phi) is 3.71. The Hall–Kier alpha value is -2.38. The van der Waals surface area contributed by atoms with E-state index in [9.17, 15) is 10.1 Å². The van der Waals surface area contributed by atoms with Crippen LogP contribution in [0.4, 0.5) is 11.5 Å². The van der Waals surface area contributed by atoms with Crippen LogP contribution in [0.25, 0.3) is 0 Å². The molecule has 1 N–H and O–H groups in total. The van der Waals surface area contributed by atoms with Crippen LogP contribution in [0.2, 0.25) is 0 Å². The number of hydrogen-bond acceptors (Lipinski definition) is 6. The lowest BCUT2D eigenvalue weighted by Gasteiger charge is -2.13. The molecule has 2 aromatic heterocycles. The summed E-state index contributed by atoms with van der Waals surface area (Å²) in [6.07, 6.45) is 1.68. The van der Waals surface area contributed by atoms with Gasteiger partial charge in [0.05, 0.1) is 17.7 Å². The summed E-state index contributed by atoms with van der Waals surface area (Å²) in [6.45, 7) is 7.95. The van der Waals surface area contributed by atoms with Crippen LogP contribution in [-0.2, 0) is 19.0 Å². The van der Waals surface area contributed by atoms with Crippen molar-refractivity contribution in [1.82, 2.24) is 14.8 Å². The Morgan fingerprint density at radius 3 is 2.67 bits per heavy atom. The van der Waals surface area contributed by atoms with Crippen molar-refractivity contribution >= 4 is 11.5 Å². The van der Waals surface area contributed by atoms with Gasteiger partial charge < -0.3 is 9.73 Å². The second-order valence-corrected chi connectivity index (χ2v) is 5.89. The SMILES string of the molecule is Cc1nn(C)c(NCc2ncc(C(C)(C)C)o2)c1[N+](=O)[O-]. The van der Waals surface area contributed by atoms with Gasteiger partial charge in [0.2, 0.25) is 11.7 Å². The summed E-state index contributed by atoms with van der Waals surface area (Å²) in [5.41, 5.74) is 0.216. The fourth-order valence-electron chi connectivity index (χ4n) is 1.96. The van der Waals surface area contributed by atoms with Crippen LogP contribution in [0.15, 0.2) is 10.6 Å². The van der Waals surface area contributed by atoms with Gasteiger partial charge in [-0.15, -0.1) is 0 Å². The number of hydrogen-bond donors (Lipinski definition) is 1. The number of rotatable bonds is 4. The Balaban J connectivity index is 2.17. The van der Waals surface area contributed by atoms with Crippen LogP contribution < -0.4 is 5.32 Å². The van der Waals surface area contributed by atoms with Gasteiger partial charge in [-0.25, -0.2) is 9.67 Å². The van der Waals surface area contributed by atoms with Crippen molar-refractivity contribution in [2.24, 2.45) is 7.05 Å². The summed E-state index contributed by atoms with van der Waals surface area (Å²) in [5, 5.41) is 18.1. The predicted molar refractivity (Wildman–Crippen MR) is 77.1 cm³/mol. The normalized spacial score (nSPS) is 11.7. The van der Waals surface area contributed by atoms with Crippen molar-refractivity contribution in [1.29, 1.82) is 0 Å². The second kappa shape index (κ2) is 5.19. The van der Waals surface area contributed by atoms with E-state index in [1.165, 1.54) is 4.68 Å². The molecule has 0 aliphatic heterocycles. The van der Waals surface area contributed by atoms with Gasteiger partial charge in [0.15, 0.2) is 0 Å². The van der Waals surface area contributed by atoms with Crippen molar-refractivity contribution < 1.29 is 9.34 Å². The lowest BCUT2D eigenvalue weighted by atomic mass is 9.94. The zero-order chi connectivity index (χ0) is 15.8. The molecule has 0 saturated carbocycles. The number of aromatic nitrogens is 3. The number of aryl methyl sites for hydroxylation is 2. The first-order valence-electron chi connectivity index (χ1n) is 6.57. The maximum absolute atomic E-state index is 11.1. The fourth-order valence-corrected chi connectivity index (χ4v) is 1.96. The van der Waals surface area contributed by atoms with E-state index in [1.54, 1.807) is 20.2 Å². The standard InChI is InChI=1S/C13H19N5O3/c1-8-11(18(19)20)12(17(5)16-8)15-7-10-14-6-9(21-10)13(2,3)4/h6,15H,7H2,1-5H3. The minimum atomic E-state index is -0.444. The molecule has 114 valence electrons. The maximum atomic E-state index is 11.1. The molecule has 8 nitrogen and oxygen atoms in total. The first-order chi connectivity index (χ1) is 9.70. The fraction of sp³-hybridized carbons (Fsp3) is 0.538. The Bertz CT molecular complexity index is 666. The van der Waals surface area contributed by atoms with Gasteiger partial charge in [0.25, 0.3) is 0 Å². The van der Waals surface area contributed by atoms with Gasteiger partial charge in [0, 0.05) is 12.5 Å². The molecule has 2 aromatic rings. The number of nitrogens with one attached hydrogen (secondary N) is 1. The minimum absolute atomic E-state index is 0.0277. The molecule has 2 rings (SSSR count). The van der Waals surface area contributed by atoms with Crippen LogP contribution in [0.1, 0.15) is 38.1 Å². The first-order valence-corrected chi connectivity index (χ1v) is 6.57. The molecule has 8 heteroatoms. The van der Waals surface area contributed by atoms with Crippen LogP contribution in [0.5, 0.6) is 0 Å². The molecule has 0 bridgehead atoms. The number of oxazole rings is 1. The Morgan fingerprint density at radius 2 is 2.14 bits per heavy atom. The Morgan fingerprint density at radius 1 is 1.48 bits per heavy atom. The third-order valence-corrected chi connectivity index (χ3v) is 3.07. The average Bonchev–Trinajstić information content (AvgIpc) is 2.90. The van der Waals surface area contributed by atoms with Gasteiger partial charge in [0.1, 0.15) is 11.5 Å². The molecule has 0 atom stereocenters. The van der Waals surface area contributed by atoms with Crippen molar-refractivity contribution in [2.75, 3.05) is 5.32 Å². The van der Waals surface area contributed by atoms with Crippen LogP contribution in [0.3, 0.4) is 0 Å². The van der Waals surface area contributed by atoms with E-state index >= 15 is 0 Å². The lowest BCUT2D eigenvalue weighted by molar-refractivity contribution is -0.384. The summed E-state index contributed by atoms with van der Waals surface area (Å²) < 4.78 is 7.09. The topological polar surface area (TPSA) is 99.0 Å². The molecular formula is C13H19N5O3. The summed E-state index contributed by atoms with van der Waals surface area (Å²) in [4.78, 5) is 14.8. The monoisotopic (exact) mass is 293 g/mol. The van der Waals surface area contributed by atoms with Crippen LogP contribution >= 0.6 is 0 Å². The van der Waals surface area contributed by atoms with Crippen LogP contribution in [0, 0.1) is 17.0 Å². The van der Waals surface area contributed by atoms with E-state index in [-0.39, 0.29) is 17.6 Å². The van der Waals surface area contributed by atoms with Gasteiger partial charge in [-0.1, -0.05) is 20.8 Å². The summed E-state index contributed by atoms with van der Waals surface area (Å²) in [5.74, 6) is 1.59. The molecule has 0 amide bonds. The molecular weight excluding hydrogens is 274 g/mol. The zero-order valence-corrected chi connectivity index (χ0v) is 12.8. The quantitative estimate of drug-likeness (QED) is 0.687. The van der Waals surface area contributed by atoms with E-state index in [4.69, 9.17) is 4.42 Å². The number of nitrogens with zero attached hydrogens (tertiary/aromatic N) is 4. The largest absolute Gasteiger partial charge is 0.443 e. The van der Waals surface area contributed by atoms with Crippen molar-refractivity contribution in [2.45, 2.75) is 39.7 Å². The average molecular weight is 293 g/mol. The molecule has 0 fully saturated rings. The molecule has 0 aliphatic carbocycles. The maximum Gasteiger partial charge on any atom is 0.333 e. The molecule has 0 unspecified atom stereocenters. The molecule has 21 heavy (non-hydrogen) atoms. The van der Waals surface area contributed by atoms with Gasteiger partial charge in [-0.3, -0.25) is 10.1 Å². The molecule has 0 radical (unpaired) electrons. The van der Waals surface area contributed by atoms with Gasteiger partial charge >= 0.3 is 5.69 Å². The van der Waals surface area contributed by atoms with Crippen molar-refractivity contribution in [3.8, 4) is 0 Å². The molecule has 2 heterocycles. The van der Waals surface area contributed by atoms with E-state index in [0.29, 0.717) is 17.4 Å². The van der Waals surface area contributed by atoms with Crippen LogP contribution in [-0.4, -0.2) is 19.7 Å². The summed E-state index contributed by atoms with van der Waals surface area (Å²) in [7, 11) is 1.65. The highest BCUT2D eigenvalue weighted by Crippen LogP contribution is 2.28. The van der Waals surface area contributed by atoms with Crippen molar-refractivity contribution in [3.05, 3.63) is 33.7 Å². The van der Waals surface area contributed by atoms with Crippen molar-refractivity contribution in [3.63, 3.8) is 0 Å². The highest BCUT2D eigenvalue weighted by molar-refractivity contribution is 5.59. The second-order valence-electron chi connectivity index (χ2n) is 5.89. The third kappa shape index (κ3) is 3.04. The highest BCUT2D eigenvalue weighted by atomic mass is 16.6. The van der Waals surface area contributed by atoms with Gasteiger partial charge in [-0.05, 0) is 6.92 Å². The number of nitro groups is 1. The van der Waals surface area contributed by atoms with E-state index in [2.05, 4.69) is 15.4 Å². The molecule has 0 spiro atoms. The number of anilines is 1. The third-order valence-electron chi connectivity index (χ3n) is 3.07. The highest BCUT2D eigenvalue weighted by Gasteiger charge is 2.24.